The highest BCUT2D eigenvalue weighted by atomic mass is 16.5. The Morgan fingerprint density at radius 1 is 1.31 bits per heavy atom. The van der Waals surface area contributed by atoms with Crippen LogP contribution in [0.3, 0.4) is 0 Å². The van der Waals surface area contributed by atoms with Crippen LogP contribution in [0.5, 0.6) is 0 Å². The predicted molar refractivity (Wildman–Crippen MR) is 97.7 cm³/mol. The molecule has 4 atom stereocenters. The van der Waals surface area contributed by atoms with Gasteiger partial charge in [-0.05, 0) is 43.4 Å². The molecule has 0 spiro atoms. The summed E-state index contributed by atoms with van der Waals surface area (Å²) in [6, 6.07) is 4.37. The second-order valence-corrected chi connectivity index (χ2v) is 7.94. The van der Waals surface area contributed by atoms with Crippen molar-refractivity contribution in [2.24, 2.45) is 17.6 Å². The minimum Gasteiger partial charge on any atom is -0.380 e. The molecule has 0 aromatic carbocycles. The van der Waals surface area contributed by atoms with E-state index in [0.29, 0.717) is 23.6 Å². The van der Waals surface area contributed by atoms with Crippen molar-refractivity contribution in [3.8, 4) is 0 Å². The van der Waals surface area contributed by atoms with E-state index in [1.54, 1.807) is 6.20 Å². The SMILES string of the molecule is COC1(c2ccnc(C(N)=O)c2)[C@@H]2CCC[C@H]1CN([C@H]1CCCOC1)C2. The summed E-state index contributed by atoms with van der Waals surface area (Å²) in [7, 11) is 1.81. The maximum Gasteiger partial charge on any atom is 0.267 e. The monoisotopic (exact) mass is 359 g/mol. The van der Waals surface area contributed by atoms with E-state index in [0.717, 1.165) is 51.1 Å². The fraction of sp³-hybridized carbons (Fsp3) is 0.700. The molecule has 3 heterocycles. The first-order valence-corrected chi connectivity index (χ1v) is 9.78. The lowest BCUT2D eigenvalue weighted by Crippen LogP contribution is -2.61. The highest BCUT2D eigenvalue weighted by Gasteiger charge is 2.54. The number of nitrogens with zero attached hydrogens (tertiary/aromatic N) is 2. The minimum atomic E-state index is -0.486. The highest BCUT2D eigenvalue weighted by molar-refractivity contribution is 5.90. The van der Waals surface area contributed by atoms with E-state index in [-0.39, 0.29) is 5.60 Å². The quantitative estimate of drug-likeness (QED) is 0.889. The van der Waals surface area contributed by atoms with Gasteiger partial charge in [-0.3, -0.25) is 14.7 Å². The number of aromatic nitrogens is 1. The van der Waals surface area contributed by atoms with Gasteiger partial charge in [0.1, 0.15) is 11.3 Å². The maximum absolute atomic E-state index is 11.6. The molecule has 1 aromatic rings. The summed E-state index contributed by atoms with van der Waals surface area (Å²) < 4.78 is 12.0. The van der Waals surface area contributed by atoms with Crippen molar-refractivity contribution in [3.63, 3.8) is 0 Å². The lowest BCUT2D eigenvalue weighted by Gasteiger charge is -2.57. The van der Waals surface area contributed by atoms with Gasteiger partial charge in [0.2, 0.25) is 0 Å². The fourth-order valence-corrected chi connectivity index (χ4v) is 5.51. The van der Waals surface area contributed by atoms with Crippen LogP contribution in [-0.4, -0.2) is 55.2 Å². The molecular weight excluding hydrogens is 330 g/mol. The first kappa shape index (κ1) is 17.9. The maximum atomic E-state index is 11.6. The van der Waals surface area contributed by atoms with E-state index in [4.69, 9.17) is 15.2 Å². The zero-order chi connectivity index (χ0) is 18.1. The lowest BCUT2D eigenvalue weighted by atomic mass is 9.62. The molecule has 6 nitrogen and oxygen atoms in total. The largest absolute Gasteiger partial charge is 0.380 e. The van der Waals surface area contributed by atoms with Gasteiger partial charge in [0, 0.05) is 50.9 Å². The number of nitrogens with two attached hydrogens (primary N) is 1. The first-order chi connectivity index (χ1) is 12.6. The summed E-state index contributed by atoms with van der Waals surface area (Å²) in [6.07, 6.45) is 7.58. The number of likely N-dealkylation sites (tertiary alicyclic amines) is 1. The van der Waals surface area contributed by atoms with Crippen LogP contribution < -0.4 is 5.73 Å². The Morgan fingerprint density at radius 2 is 2.08 bits per heavy atom. The molecule has 4 rings (SSSR count). The van der Waals surface area contributed by atoms with E-state index in [9.17, 15) is 4.79 Å². The number of ether oxygens (including phenoxy) is 2. The number of piperidine rings is 1. The summed E-state index contributed by atoms with van der Waals surface area (Å²) in [4.78, 5) is 18.4. The van der Waals surface area contributed by atoms with Gasteiger partial charge in [0.05, 0.1) is 6.61 Å². The van der Waals surface area contributed by atoms with Gasteiger partial charge < -0.3 is 15.2 Å². The highest BCUT2D eigenvalue weighted by Crippen LogP contribution is 2.52. The van der Waals surface area contributed by atoms with Crippen molar-refractivity contribution < 1.29 is 14.3 Å². The third-order valence-electron chi connectivity index (χ3n) is 6.68. The average Bonchev–Trinajstić information content (AvgIpc) is 2.67. The third-order valence-corrected chi connectivity index (χ3v) is 6.68. The summed E-state index contributed by atoms with van der Waals surface area (Å²) in [5.41, 5.74) is 6.49. The normalized spacial score (nSPS) is 35.2. The molecule has 0 radical (unpaired) electrons. The minimum absolute atomic E-state index is 0.320. The molecule has 2 aliphatic heterocycles. The molecule has 2 N–H and O–H groups in total. The molecule has 3 fully saturated rings. The van der Waals surface area contributed by atoms with E-state index < -0.39 is 5.91 Å². The predicted octanol–water partition coefficient (Wildman–Crippen LogP) is 1.93. The van der Waals surface area contributed by atoms with Crippen LogP contribution in [-0.2, 0) is 15.1 Å². The number of methoxy groups -OCH3 is 1. The van der Waals surface area contributed by atoms with Gasteiger partial charge in [-0.1, -0.05) is 6.42 Å². The number of hydrogen-bond acceptors (Lipinski definition) is 5. The van der Waals surface area contributed by atoms with Crippen molar-refractivity contribution >= 4 is 5.91 Å². The van der Waals surface area contributed by atoms with Crippen molar-refractivity contribution in [1.82, 2.24) is 9.88 Å². The first-order valence-electron chi connectivity index (χ1n) is 9.78. The second-order valence-electron chi connectivity index (χ2n) is 7.94. The molecule has 1 aromatic heterocycles. The van der Waals surface area contributed by atoms with Crippen LogP contribution in [0.2, 0.25) is 0 Å². The second kappa shape index (κ2) is 7.25. The lowest BCUT2D eigenvalue weighted by molar-refractivity contribution is -0.179. The van der Waals surface area contributed by atoms with Gasteiger partial charge in [0.25, 0.3) is 5.91 Å². The number of carbonyl (C=O) groups is 1. The smallest absolute Gasteiger partial charge is 0.267 e. The van der Waals surface area contributed by atoms with Gasteiger partial charge >= 0.3 is 0 Å². The van der Waals surface area contributed by atoms with E-state index in [1.807, 2.05) is 19.2 Å². The van der Waals surface area contributed by atoms with Gasteiger partial charge in [-0.2, -0.15) is 0 Å². The Kier molecular flexibility index (Phi) is 4.99. The molecule has 3 aliphatic rings. The van der Waals surface area contributed by atoms with Crippen LogP contribution in [0.4, 0.5) is 0 Å². The van der Waals surface area contributed by atoms with Crippen molar-refractivity contribution in [1.29, 1.82) is 0 Å². The summed E-state index contributed by atoms with van der Waals surface area (Å²) in [6.45, 7) is 3.78. The molecule has 2 bridgehead atoms. The number of hydrogen-bond donors (Lipinski definition) is 1. The zero-order valence-electron chi connectivity index (χ0n) is 15.5. The van der Waals surface area contributed by atoms with Gasteiger partial charge in [0.15, 0.2) is 0 Å². The van der Waals surface area contributed by atoms with E-state index >= 15 is 0 Å². The Labute approximate surface area is 155 Å². The Hall–Kier alpha value is -1.50. The van der Waals surface area contributed by atoms with Crippen molar-refractivity contribution in [3.05, 3.63) is 29.6 Å². The number of fused-ring (bicyclic) bond motifs is 2. The molecule has 6 heteroatoms. The number of primary amides is 1. The van der Waals surface area contributed by atoms with Gasteiger partial charge in [-0.15, -0.1) is 0 Å². The topological polar surface area (TPSA) is 77.7 Å². The third kappa shape index (κ3) is 2.94. The fourth-order valence-electron chi connectivity index (χ4n) is 5.51. The molecular formula is C20H29N3O3. The van der Waals surface area contributed by atoms with E-state index in [2.05, 4.69) is 9.88 Å². The molecule has 26 heavy (non-hydrogen) atoms. The number of rotatable bonds is 4. The standard InChI is InChI=1S/C20H29N3O3/c1-25-20(14-7-8-22-18(10-14)19(21)24)15-4-2-5-16(20)12-23(11-15)17-6-3-9-26-13-17/h7-8,10,15-17H,2-6,9,11-13H2,1H3,(H2,21,24)/t15-,16+,17-,20?/m0/s1. The molecule has 142 valence electrons. The summed E-state index contributed by atoms with van der Waals surface area (Å²) >= 11 is 0. The number of amides is 1. The molecule has 1 amide bonds. The van der Waals surface area contributed by atoms with Crippen LogP contribution >= 0.6 is 0 Å². The van der Waals surface area contributed by atoms with Crippen molar-refractivity contribution in [2.45, 2.75) is 43.7 Å². The zero-order valence-corrected chi connectivity index (χ0v) is 15.5. The molecule has 1 aliphatic carbocycles. The van der Waals surface area contributed by atoms with Crippen LogP contribution in [0.15, 0.2) is 18.3 Å². The van der Waals surface area contributed by atoms with Crippen molar-refractivity contribution in [2.75, 3.05) is 33.4 Å². The molecule has 1 saturated carbocycles. The Balaban J connectivity index is 1.66. The molecule has 1 unspecified atom stereocenters. The average molecular weight is 359 g/mol. The Morgan fingerprint density at radius 3 is 2.69 bits per heavy atom. The van der Waals surface area contributed by atoms with Crippen LogP contribution in [0.1, 0.15) is 48.2 Å². The van der Waals surface area contributed by atoms with E-state index in [1.165, 1.54) is 12.8 Å². The van der Waals surface area contributed by atoms with Gasteiger partial charge in [-0.25, -0.2) is 0 Å². The number of pyridine rings is 1. The molecule has 2 saturated heterocycles. The summed E-state index contributed by atoms with van der Waals surface area (Å²) in [5.74, 6) is 0.329. The number of carbonyl (C=O) groups excluding carboxylic acids is 1. The van der Waals surface area contributed by atoms with Crippen LogP contribution in [0, 0.1) is 11.8 Å². The summed E-state index contributed by atoms with van der Waals surface area (Å²) in [5, 5.41) is 0. The van der Waals surface area contributed by atoms with Crippen LogP contribution in [0.25, 0.3) is 0 Å². The Bertz CT molecular complexity index is 645.